The molecule has 0 aliphatic rings. The molecular weight excluding hydrogens is 314 g/mol. The first-order valence-electron chi connectivity index (χ1n) is 5.51. The van der Waals surface area contributed by atoms with Crippen LogP contribution in [0.5, 0.6) is 0 Å². The molecule has 0 fully saturated rings. The van der Waals surface area contributed by atoms with E-state index in [0.717, 1.165) is 22.4 Å². The van der Waals surface area contributed by atoms with Crippen LogP contribution in [0.1, 0.15) is 11.1 Å². The molecule has 0 aliphatic heterocycles. The number of anilines is 1. The number of nitrogens with zero attached hydrogens (tertiary/aromatic N) is 3. The van der Waals surface area contributed by atoms with E-state index in [9.17, 15) is 0 Å². The molecule has 0 aliphatic carbocycles. The topological polar surface area (TPSA) is 29.0 Å². The van der Waals surface area contributed by atoms with Gasteiger partial charge in [-0.25, -0.2) is 9.97 Å². The molecule has 0 amide bonds. The summed E-state index contributed by atoms with van der Waals surface area (Å²) in [6.45, 7) is 2.76. The van der Waals surface area contributed by atoms with Gasteiger partial charge in [-0.3, -0.25) is 0 Å². The quantitative estimate of drug-likeness (QED) is 0.803. The maximum atomic E-state index is 5.83. The summed E-state index contributed by atoms with van der Waals surface area (Å²) in [6, 6.07) is 8.23. The lowest BCUT2D eigenvalue weighted by Crippen LogP contribution is -2.19. The Morgan fingerprint density at radius 2 is 1.94 bits per heavy atom. The summed E-state index contributed by atoms with van der Waals surface area (Å²) >= 11 is 9.26. The lowest BCUT2D eigenvalue weighted by atomic mass is 10.2. The monoisotopic (exact) mass is 325 g/mol. The molecule has 0 saturated carbocycles. The highest BCUT2D eigenvalue weighted by Gasteiger charge is 2.08. The van der Waals surface area contributed by atoms with Crippen LogP contribution < -0.4 is 4.90 Å². The molecule has 2 rings (SSSR count). The van der Waals surface area contributed by atoms with Crippen molar-refractivity contribution in [2.24, 2.45) is 0 Å². The molecule has 0 N–H and O–H groups in total. The number of rotatable bonds is 3. The number of benzene rings is 1. The van der Waals surface area contributed by atoms with Crippen LogP contribution in [0, 0.1) is 6.92 Å². The van der Waals surface area contributed by atoms with Gasteiger partial charge in [0.15, 0.2) is 0 Å². The average molecular weight is 327 g/mol. The summed E-state index contributed by atoms with van der Waals surface area (Å²) in [5.41, 5.74) is 2.23. The number of aromatic nitrogens is 2. The molecule has 94 valence electrons. The molecule has 0 spiro atoms. The van der Waals surface area contributed by atoms with E-state index in [1.165, 1.54) is 5.56 Å². The third-order valence-electron chi connectivity index (χ3n) is 2.61. The predicted octanol–water partition coefficient (Wildman–Crippen LogP) is 3.84. The minimum absolute atomic E-state index is 0.276. The van der Waals surface area contributed by atoms with Crippen molar-refractivity contribution in [1.82, 2.24) is 9.97 Å². The fraction of sp³-hybridized carbons (Fsp3) is 0.231. The van der Waals surface area contributed by atoms with Crippen LogP contribution in [0.3, 0.4) is 0 Å². The van der Waals surface area contributed by atoms with Crippen LogP contribution >= 0.6 is 27.5 Å². The summed E-state index contributed by atoms with van der Waals surface area (Å²) in [5.74, 6) is 0.859. The lowest BCUT2D eigenvalue weighted by molar-refractivity contribution is 0.882. The van der Waals surface area contributed by atoms with Crippen molar-refractivity contribution < 1.29 is 0 Å². The first-order valence-corrected chi connectivity index (χ1v) is 6.68. The van der Waals surface area contributed by atoms with Crippen LogP contribution in [0.4, 0.5) is 5.82 Å². The van der Waals surface area contributed by atoms with E-state index in [1.807, 2.05) is 26.1 Å². The van der Waals surface area contributed by atoms with Crippen molar-refractivity contribution in [1.29, 1.82) is 0 Å². The average Bonchev–Trinajstić information content (AvgIpc) is 2.35. The third-order valence-corrected chi connectivity index (χ3v) is 3.32. The molecule has 3 nitrogen and oxygen atoms in total. The van der Waals surface area contributed by atoms with E-state index in [1.54, 1.807) is 6.20 Å². The molecule has 0 atom stereocenters. The molecule has 0 radical (unpaired) electrons. The zero-order valence-electron chi connectivity index (χ0n) is 10.2. The van der Waals surface area contributed by atoms with Gasteiger partial charge in [-0.2, -0.15) is 0 Å². The summed E-state index contributed by atoms with van der Waals surface area (Å²) in [4.78, 5) is 10.3. The summed E-state index contributed by atoms with van der Waals surface area (Å²) in [5, 5.41) is 0.276. The van der Waals surface area contributed by atoms with Gasteiger partial charge in [-0.15, -0.1) is 0 Å². The zero-order valence-corrected chi connectivity index (χ0v) is 12.5. The summed E-state index contributed by atoms with van der Waals surface area (Å²) in [6.07, 6.45) is 1.74. The van der Waals surface area contributed by atoms with Gasteiger partial charge in [0.05, 0.1) is 0 Å². The first kappa shape index (κ1) is 13.3. The van der Waals surface area contributed by atoms with Crippen molar-refractivity contribution in [2.75, 3.05) is 11.9 Å². The molecule has 0 unspecified atom stereocenters. The third kappa shape index (κ3) is 3.21. The molecule has 0 bridgehead atoms. The van der Waals surface area contributed by atoms with Crippen molar-refractivity contribution in [3.8, 4) is 0 Å². The van der Waals surface area contributed by atoms with Crippen LogP contribution in [-0.4, -0.2) is 17.0 Å². The van der Waals surface area contributed by atoms with Crippen LogP contribution in [0.2, 0.25) is 5.28 Å². The lowest BCUT2D eigenvalue weighted by Gasteiger charge is -2.20. The second-order valence-corrected chi connectivity index (χ2v) is 5.38. The minimum atomic E-state index is 0.276. The Morgan fingerprint density at radius 3 is 2.61 bits per heavy atom. The van der Waals surface area contributed by atoms with E-state index in [2.05, 4.69) is 42.9 Å². The largest absolute Gasteiger partial charge is 0.355 e. The zero-order chi connectivity index (χ0) is 13.1. The normalized spacial score (nSPS) is 10.4. The fourth-order valence-corrected chi connectivity index (χ4v) is 2.13. The van der Waals surface area contributed by atoms with Gasteiger partial charge >= 0.3 is 0 Å². The van der Waals surface area contributed by atoms with Gasteiger partial charge in [0.1, 0.15) is 5.82 Å². The highest BCUT2D eigenvalue weighted by atomic mass is 79.9. The fourth-order valence-electron chi connectivity index (χ4n) is 1.74. The number of halogens is 2. The molecule has 18 heavy (non-hydrogen) atoms. The highest BCUT2D eigenvalue weighted by Crippen LogP contribution is 2.19. The summed E-state index contributed by atoms with van der Waals surface area (Å²) in [7, 11) is 1.99. The van der Waals surface area contributed by atoms with Gasteiger partial charge in [-0.1, -0.05) is 28.1 Å². The van der Waals surface area contributed by atoms with Crippen molar-refractivity contribution >= 4 is 33.3 Å². The SMILES string of the molecule is Cc1cnc(Cl)nc1N(C)Cc1ccc(Br)cc1. The minimum Gasteiger partial charge on any atom is -0.355 e. The maximum absolute atomic E-state index is 5.83. The molecule has 1 aromatic carbocycles. The Bertz CT molecular complexity index is 542. The van der Waals surface area contributed by atoms with Gasteiger partial charge in [0.2, 0.25) is 5.28 Å². The van der Waals surface area contributed by atoms with Crippen LogP contribution in [0.15, 0.2) is 34.9 Å². The van der Waals surface area contributed by atoms with Gasteiger partial charge in [0.25, 0.3) is 0 Å². The van der Waals surface area contributed by atoms with E-state index in [0.29, 0.717) is 0 Å². The molecule has 0 saturated heterocycles. The highest BCUT2D eigenvalue weighted by molar-refractivity contribution is 9.10. The summed E-state index contributed by atoms with van der Waals surface area (Å²) < 4.78 is 1.08. The van der Waals surface area contributed by atoms with Crippen LogP contribution in [-0.2, 0) is 6.54 Å². The van der Waals surface area contributed by atoms with Gasteiger partial charge < -0.3 is 4.90 Å². The Labute approximate surface area is 120 Å². The van der Waals surface area contributed by atoms with Gasteiger partial charge in [-0.05, 0) is 36.2 Å². The number of hydrogen-bond acceptors (Lipinski definition) is 3. The Kier molecular flexibility index (Phi) is 4.19. The first-order chi connectivity index (χ1) is 8.56. The molecule has 5 heteroatoms. The number of aryl methyl sites for hydroxylation is 1. The second kappa shape index (κ2) is 5.67. The van der Waals surface area contributed by atoms with Crippen LogP contribution in [0.25, 0.3) is 0 Å². The Balaban J connectivity index is 2.18. The van der Waals surface area contributed by atoms with E-state index >= 15 is 0 Å². The van der Waals surface area contributed by atoms with Crippen molar-refractivity contribution in [3.05, 3.63) is 51.3 Å². The standard InChI is InChI=1S/C13H13BrClN3/c1-9-7-16-13(15)17-12(9)18(2)8-10-3-5-11(14)6-4-10/h3-7H,8H2,1-2H3. The van der Waals surface area contributed by atoms with Crippen molar-refractivity contribution in [2.45, 2.75) is 13.5 Å². The predicted molar refractivity (Wildman–Crippen MR) is 78.0 cm³/mol. The van der Waals surface area contributed by atoms with E-state index < -0.39 is 0 Å². The molecule has 1 heterocycles. The Hall–Kier alpha value is -1.13. The number of hydrogen-bond donors (Lipinski definition) is 0. The smallest absolute Gasteiger partial charge is 0.224 e. The van der Waals surface area contributed by atoms with Crippen molar-refractivity contribution in [3.63, 3.8) is 0 Å². The molecule has 2 aromatic rings. The maximum Gasteiger partial charge on any atom is 0.224 e. The molecule has 1 aromatic heterocycles. The van der Waals surface area contributed by atoms with E-state index in [-0.39, 0.29) is 5.28 Å². The second-order valence-electron chi connectivity index (χ2n) is 4.13. The van der Waals surface area contributed by atoms with E-state index in [4.69, 9.17) is 11.6 Å². The van der Waals surface area contributed by atoms with Gasteiger partial charge in [0, 0.05) is 29.8 Å². The Morgan fingerprint density at radius 1 is 1.28 bits per heavy atom. The molecular formula is C13H13BrClN3.